The van der Waals surface area contributed by atoms with Crippen LogP contribution < -0.4 is 0 Å². The van der Waals surface area contributed by atoms with Gasteiger partial charge in [-0.05, 0) is 24.6 Å². The summed E-state index contributed by atoms with van der Waals surface area (Å²) in [6.45, 7) is 9.88. The maximum atomic E-state index is 11.5. The van der Waals surface area contributed by atoms with Gasteiger partial charge in [-0.3, -0.25) is 4.40 Å². The molecule has 0 aliphatic carbocycles. The maximum Gasteiger partial charge on any atom is 0.337 e. The number of aromatic nitrogens is 2. The smallest absolute Gasteiger partial charge is 0.337 e. The van der Waals surface area contributed by atoms with Crippen LogP contribution in [0.2, 0.25) is 0 Å². The number of aryl methyl sites for hydroxylation is 1. The van der Waals surface area contributed by atoms with Gasteiger partial charge in [-0.25, -0.2) is 9.78 Å². The normalized spacial score (nSPS) is 9.54. The van der Waals surface area contributed by atoms with Crippen molar-refractivity contribution in [1.29, 1.82) is 0 Å². The van der Waals surface area contributed by atoms with Gasteiger partial charge in [-0.2, -0.15) is 0 Å². The summed E-state index contributed by atoms with van der Waals surface area (Å²) < 4.78 is 1.91. The van der Waals surface area contributed by atoms with Crippen LogP contribution >= 0.6 is 0 Å². The van der Waals surface area contributed by atoms with Crippen LogP contribution in [0.5, 0.6) is 0 Å². The molecule has 2 aromatic heterocycles. The van der Waals surface area contributed by atoms with Gasteiger partial charge in [0, 0.05) is 12.1 Å². The van der Waals surface area contributed by atoms with Crippen LogP contribution in [0.3, 0.4) is 0 Å². The van der Waals surface area contributed by atoms with E-state index >= 15 is 0 Å². The third kappa shape index (κ3) is 4.22. The van der Waals surface area contributed by atoms with Gasteiger partial charge < -0.3 is 5.11 Å². The monoisotopic (exact) mass is 326 g/mol. The Kier molecular flexibility index (Phi) is 7.69. The molecule has 3 aromatic rings. The first kappa shape index (κ1) is 19.4. The lowest BCUT2D eigenvalue weighted by atomic mass is 10.0. The van der Waals surface area contributed by atoms with Gasteiger partial charge in [0.15, 0.2) is 0 Å². The number of hydrogen-bond donors (Lipinski definition) is 1. The number of carboxylic acids is 1. The van der Waals surface area contributed by atoms with E-state index in [4.69, 9.17) is 0 Å². The fourth-order valence-corrected chi connectivity index (χ4v) is 2.47. The van der Waals surface area contributed by atoms with Crippen molar-refractivity contribution in [2.24, 2.45) is 0 Å². The number of hydrogen-bond acceptors (Lipinski definition) is 2. The Labute approximate surface area is 143 Å². The Morgan fingerprint density at radius 2 is 1.67 bits per heavy atom. The van der Waals surface area contributed by atoms with Crippen molar-refractivity contribution in [1.82, 2.24) is 9.38 Å². The van der Waals surface area contributed by atoms with E-state index in [1.165, 1.54) is 0 Å². The molecule has 0 amide bonds. The summed E-state index contributed by atoms with van der Waals surface area (Å²) in [4.78, 5) is 15.7. The minimum absolute atomic E-state index is 0.322. The molecule has 0 aliphatic heterocycles. The molecule has 4 nitrogen and oxygen atoms in total. The molecule has 0 bridgehead atoms. The van der Waals surface area contributed by atoms with Crippen molar-refractivity contribution in [2.75, 3.05) is 0 Å². The van der Waals surface area contributed by atoms with Crippen LogP contribution in [0.25, 0.3) is 5.52 Å². The van der Waals surface area contributed by atoms with Crippen molar-refractivity contribution < 1.29 is 9.90 Å². The molecule has 0 saturated carbocycles. The number of pyridine rings is 1. The molecule has 0 saturated heterocycles. The maximum absolute atomic E-state index is 11.5. The molecule has 24 heavy (non-hydrogen) atoms. The highest BCUT2D eigenvalue weighted by Crippen LogP contribution is 2.19. The first-order valence-electron chi connectivity index (χ1n) is 8.40. The summed E-state index contributed by atoms with van der Waals surface area (Å²) in [5.74, 6) is -0.111. The van der Waals surface area contributed by atoms with Gasteiger partial charge >= 0.3 is 5.97 Å². The van der Waals surface area contributed by atoms with Gasteiger partial charge in [0.25, 0.3) is 0 Å². The highest BCUT2D eigenvalue weighted by Gasteiger charge is 2.15. The van der Waals surface area contributed by atoms with Gasteiger partial charge in [-0.1, -0.05) is 58.0 Å². The van der Waals surface area contributed by atoms with Gasteiger partial charge in [0.2, 0.25) is 0 Å². The first-order valence-corrected chi connectivity index (χ1v) is 8.40. The van der Waals surface area contributed by atoms with E-state index in [9.17, 15) is 9.90 Å². The third-order valence-corrected chi connectivity index (χ3v) is 3.41. The summed E-state index contributed by atoms with van der Waals surface area (Å²) in [7, 11) is 0. The van der Waals surface area contributed by atoms with E-state index in [1.807, 2.05) is 69.4 Å². The Bertz CT molecular complexity index is 777. The topological polar surface area (TPSA) is 54.6 Å². The van der Waals surface area contributed by atoms with Crippen LogP contribution in [-0.2, 0) is 6.42 Å². The Morgan fingerprint density at radius 1 is 1.04 bits per heavy atom. The van der Waals surface area contributed by atoms with Crippen LogP contribution in [0.4, 0.5) is 0 Å². The van der Waals surface area contributed by atoms with Crippen molar-refractivity contribution in [3.8, 4) is 0 Å². The van der Waals surface area contributed by atoms with Crippen molar-refractivity contribution in [3.63, 3.8) is 0 Å². The van der Waals surface area contributed by atoms with Crippen LogP contribution in [0.1, 0.15) is 55.1 Å². The zero-order chi connectivity index (χ0) is 18.1. The van der Waals surface area contributed by atoms with E-state index < -0.39 is 5.97 Å². The first-order chi connectivity index (χ1) is 11.7. The second-order valence-electron chi connectivity index (χ2n) is 4.73. The molecule has 0 atom stereocenters. The van der Waals surface area contributed by atoms with Crippen molar-refractivity contribution in [2.45, 2.75) is 41.0 Å². The minimum atomic E-state index is -0.911. The average molecular weight is 326 g/mol. The third-order valence-electron chi connectivity index (χ3n) is 3.41. The number of carbonyl (C=O) groups is 1. The largest absolute Gasteiger partial charge is 0.478 e. The quantitative estimate of drug-likeness (QED) is 0.738. The van der Waals surface area contributed by atoms with Gasteiger partial charge in [-0.15, -0.1) is 0 Å². The molecular formula is C20H26N2O2. The average Bonchev–Trinajstić information content (AvgIpc) is 3.01. The number of carboxylic acid groups (broad SMARTS) is 1. The molecule has 1 N–H and O–H groups in total. The predicted molar refractivity (Wildman–Crippen MR) is 98.8 cm³/mol. The molecule has 1 aromatic carbocycles. The standard InChI is InChI=1S/C16H14N2O2.2C2H6/c1-11-17-10-13-7-8-14(16(19)20)15(18(11)13)9-12-5-3-2-4-6-12;2*1-2/h2-8,10H,9H2,1H3,(H,19,20);2*1-2H3. The highest BCUT2D eigenvalue weighted by atomic mass is 16.4. The van der Waals surface area contributed by atoms with E-state index in [1.54, 1.807) is 18.3 Å². The summed E-state index contributed by atoms with van der Waals surface area (Å²) in [5.41, 5.74) is 3.08. The fourth-order valence-electron chi connectivity index (χ4n) is 2.47. The van der Waals surface area contributed by atoms with Crippen molar-refractivity contribution >= 4 is 11.5 Å². The second-order valence-corrected chi connectivity index (χ2v) is 4.73. The number of nitrogens with zero attached hydrogens (tertiary/aromatic N) is 2. The second kappa shape index (κ2) is 9.50. The van der Waals surface area contributed by atoms with Crippen LogP contribution in [0.15, 0.2) is 48.7 Å². The molecule has 4 heteroatoms. The zero-order valence-electron chi connectivity index (χ0n) is 15.1. The molecule has 0 unspecified atom stereocenters. The van der Waals surface area contributed by atoms with Crippen LogP contribution in [0, 0.1) is 6.92 Å². The number of benzene rings is 1. The Morgan fingerprint density at radius 3 is 2.25 bits per heavy atom. The Hall–Kier alpha value is -2.62. The number of aromatic carboxylic acids is 1. The number of imidazole rings is 1. The number of fused-ring (bicyclic) bond motifs is 1. The summed E-state index contributed by atoms with van der Waals surface area (Å²) in [6.07, 6.45) is 2.33. The molecule has 128 valence electrons. The molecule has 0 radical (unpaired) electrons. The molecule has 2 heterocycles. The molecule has 0 spiro atoms. The molecule has 0 aliphatic rings. The van der Waals surface area contributed by atoms with Crippen LogP contribution in [-0.4, -0.2) is 20.5 Å². The zero-order valence-corrected chi connectivity index (χ0v) is 15.1. The summed E-state index contributed by atoms with van der Waals surface area (Å²) in [5, 5.41) is 9.40. The summed E-state index contributed by atoms with van der Waals surface area (Å²) >= 11 is 0. The molecule has 3 rings (SSSR count). The molecule has 0 fully saturated rings. The minimum Gasteiger partial charge on any atom is -0.478 e. The highest BCUT2D eigenvalue weighted by molar-refractivity contribution is 5.89. The van der Waals surface area contributed by atoms with Gasteiger partial charge in [0.1, 0.15) is 5.82 Å². The predicted octanol–water partition coefficient (Wildman–Crippen LogP) is 4.98. The fraction of sp³-hybridized carbons (Fsp3) is 0.300. The van der Waals surface area contributed by atoms with E-state index in [2.05, 4.69) is 4.98 Å². The van der Waals surface area contributed by atoms with E-state index in [0.29, 0.717) is 12.0 Å². The van der Waals surface area contributed by atoms with Crippen molar-refractivity contribution in [3.05, 3.63) is 71.3 Å². The molecular weight excluding hydrogens is 300 g/mol. The van der Waals surface area contributed by atoms with E-state index in [0.717, 1.165) is 22.6 Å². The lowest BCUT2D eigenvalue weighted by Crippen LogP contribution is -2.09. The SMILES string of the molecule is CC.CC.Cc1ncc2ccc(C(=O)O)c(Cc3ccccc3)n12. The summed E-state index contributed by atoms with van der Waals surface area (Å²) in [6, 6.07) is 13.3. The number of rotatable bonds is 3. The van der Waals surface area contributed by atoms with E-state index in [-0.39, 0.29) is 0 Å². The Balaban J connectivity index is 0.000000671. The lowest BCUT2D eigenvalue weighted by Gasteiger charge is -2.11. The van der Waals surface area contributed by atoms with Gasteiger partial charge in [0.05, 0.1) is 17.3 Å². The lowest BCUT2D eigenvalue weighted by molar-refractivity contribution is 0.0695.